The van der Waals surface area contributed by atoms with E-state index in [1.807, 2.05) is 0 Å². The van der Waals surface area contributed by atoms with Gasteiger partial charge in [-0.25, -0.2) is 8.51 Å². The molecule has 0 radical (unpaired) electrons. The summed E-state index contributed by atoms with van der Waals surface area (Å²) in [6, 6.07) is 4.49. The van der Waals surface area contributed by atoms with Gasteiger partial charge in [0.05, 0.1) is 10.5 Å². The highest BCUT2D eigenvalue weighted by Crippen LogP contribution is 2.29. The van der Waals surface area contributed by atoms with Crippen LogP contribution in [0.25, 0.3) is 0 Å². The number of piperazine rings is 1. The van der Waals surface area contributed by atoms with Crippen LogP contribution in [0, 0.1) is 0 Å². The van der Waals surface area contributed by atoms with Crippen molar-refractivity contribution in [1.29, 1.82) is 0 Å². The van der Waals surface area contributed by atoms with E-state index in [1.54, 1.807) is 4.31 Å². The number of benzene rings is 1. The van der Waals surface area contributed by atoms with Crippen molar-refractivity contribution in [1.82, 2.24) is 9.62 Å². The van der Waals surface area contributed by atoms with Crippen LogP contribution < -0.4 is 5.32 Å². The Morgan fingerprint density at radius 2 is 1.67 bits per heavy atom. The average molecular weight is 278 g/mol. The highest BCUT2D eigenvalue weighted by Gasteiger charge is 2.30. The summed E-state index contributed by atoms with van der Waals surface area (Å²) in [5.41, 5.74) is -0.719. The van der Waals surface area contributed by atoms with Crippen LogP contribution in [0.1, 0.15) is 5.56 Å². The number of nitrogens with zero attached hydrogens (tertiary/aromatic N) is 1. The van der Waals surface area contributed by atoms with Gasteiger partial charge in [-0.3, -0.25) is 0 Å². The van der Waals surface area contributed by atoms with E-state index in [2.05, 4.69) is 5.32 Å². The van der Waals surface area contributed by atoms with Crippen molar-refractivity contribution >= 4 is 11.0 Å². The van der Waals surface area contributed by atoms with Crippen molar-refractivity contribution in [3.05, 3.63) is 29.8 Å². The van der Waals surface area contributed by atoms with Gasteiger partial charge in [-0.2, -0.15) is 13.2 Å². The summed E-state index contributed by atoms with van der Waals surface area (Å²) < 4.78 is 51.0. The van der Waals surface area contributed by atoms with E-state index in [9.17, 15) is 17.4 Å². The monoisotopic (exact) mass is 278 g/mol. The topological polar surface area (TPSA) is 32.3 Å². The highest BCUT2D eigenvalue weighted by atomic mass is 32.2. The number of rotatable bonds is 2. The van der Waals surface area contributed by atoms with Crippen LogP contribution in [-0.4, -0.2) is 34.7 Å². The molecule has 0 aliphatic carbocycles. The number of alkyl halides is 3. The van der Waals surface area contributed by atoms with E-state index in [0.717, 1.165) is 25.2 Å². The summed E-state index contributed by atoms with van der Waals surface area (Å²) in [5.74, 6) is 0. The van der Waals surface area contributed by atoms with Gasteiger partial charge in [0.15, 0.2) is 0 Å². The maximum Gasteiger partial charge on any atom is 0.416 e. The van der Waals surface area contributed by atoms with Gasteiger partial charge in [0.25, 0.3) is 0 Å². The van der Waals surface area contributed by atoms with E-state index < -0.39 is 22.7 Å². The van der Waals surface area contributed by atoms with Crippen LogP contribution in [-0.2, 0) is 17.2 Å². The molecule has 2 rings (SSSR count). The summed E-state index contributed by atoms with van der Waals surface area (Å²) in [7, 11) is -1.38. The van der Waals surface area contributed by atoms with E-state index >= 15 is 0 Å². The van der Waals surface area contributed by atoms with Crippen LogP contribution >= 0.6 is 0 Å². The lowest BCUT2D eigenvalue weighted by Gasteiger charge is -2.25. The molecular weight excluding hydrogens is 265 g/mol. The summed E-state index contributed by atoms with van der Waals surface area (Å²) in [6.45, 7) is 2.75. The maximum atomic E-state index is 12.4. The second-order valence-corrected chi connectivity index (χ2v) is 5.44. The summed E-state index contributed by atoms with van der Waals surface area (Å²) >= 11 is 0. The molecule has 18 heavy (non-hydrogen) atoms. The zero-order valence-corrected chi connectivity index (χ0v) is 10.4. The van der Waals surface area contributed by atoms with Gasteiger partial charge in [-0.15, -0.1) is 0 Å². The van der Waals surface area contributed by atoms with Gasteiger partial charge in [-0.1, -0.05) is 0 Å². The van der Waals surface area contributed by atoms with Crippen LogP contribution in [0.15, 0.2) is 29.2 Å². The summed E-state index contributed by atoms with van der Waals surface area (Å²) in [4.78, 5) is 0.407. The van der Waals surface area contributed by atoms with Crippen LogP contribution in [0.3, 0.4) is 0 Å². The first-order valence-corrected chi connectivity index (χ1v) is 6.64. The Hall–Kier alpha value is -0.920. The van der Waals surface area contributed by atoms with Crippen LogP contribution in [0.4, 0.5) is 13.2 Å². The Morgan fingerprint density at radius 1 is 1.11 bits per heavy atom. The molecule has 1 saturated heterocycles. The SMILES string of the molecule is O=S(c1ccc(C(F)(F)F)cc1)N1CCNCC1. The van der Waals surface area contributed by atoms with E-state index in [-0.39, 0.29) is 0 Å². The molecule has 0 saturated carbocycles. The van der Waals surface area contributed by atoms with Crippen molar-refractivity contribution in [3.8, 4) is 0 Å². The molecule has 0 bridgehead atoms. The molecule has 1 unspecified atom stereocenters. The van der Waals surface area contributed by atoms with Crippen molar-refractivity contribution in [3.63, 3.8) is 0 Å². The van der Waals surface area contributed by atoms with Gasteiger partial charge in [0.2, 0.25) is 0 Å². The fraction of sp³-hybridized carbons (Fsp3) is 0.455. The fourth-order valence-corrected chi connectivity index (χ4v) is 2.90. The lowest BCUT2D eigenvalue weighted by Crippen LogP contribution is -2.44. The van der Waals surface area contributed by atoms with Gasteiger partial charge in [0, 0.05) is 26.2 Å². The Morgan fingerprint density at radius 3 is 2.17 bits per heavy atom. The molecule has 100 valence electrons. The van der Waals surface area contributed by atoms with E-state index in [0.29, 0.717) is 18.0 Å². The third-order valence-corrected chi connectivity index (χ3v) is 4.20. The molecule has 1 aliphatic heterocycles. The van der Waals surface area contributed by atoms with Crippen molar-refractivity contribution in [2.24, 2.45) is 0 Å². The predicted molar refractivity (Wildman–Crippen MR) is 62.3 cm³/mol. The van der Waals surface area contributed by atoms with Gasteiger partial charge in [-0.05, 0) is 24.3 Å². The number of hydrogen-bond donors (Lipinski definition) is 1. The number of halogens is 3. The highest BCUT2D eigenvalue weighted by molar-refractivity contribution is 7.82. The third-order valence-electron chi connectivity index (χ3n) is 2.69. The smallest absolute Gasteiger partial charge is 0.314 e. The molecular formula is C11H13F3N2OS. The van der Waals surface area contributed by atoms with Crippen LogP contribution in [0.2, 0.25) is 0 Å². The van der Waals surface area contributed by atoms with Crippen molar-refractivity contribution < 1.29 is 17.4 Å². The predicted octanol–water partition coefficient (Wildman–Crippen LogP) is 1.63. The molecule has 1 atom stereocenters. The third kappa shape index (κ3) is 3.09. The average Bonchev–Trinajstić information content (AvgIpc) is 2.38. The zero-order chi connectivity index (χ0) is 13.2. The lowest BCUT2D eigenvalue weighted by atomic mass is 10.2. The lowest BCUT2D eigenvalue weighted by molar-refractivity contribution is -0.137. The van der Waals surface area contributed by atoms with Crippen molar-refractivity contribution in [2.75, 3.05) is 26.2 Å². The molecule has 1 heterocycles. The zero-order valence-electron chi connectivity index (χ0n) is 9.54. The van der Waals surface area contributed by atoms with E-state index in [4.69, 9.17) is 0 Å². The summed E-state index contributed by atoms with van der Waals surface area (Å²) in [6.07, 6.45) is -4.35. The first kappa shape index (κ1) is 13.5. The Labute approximate surface area is 106 Å². The van der Waals surface area contributed by atoms with Gasteiger partial charge >= 0.3 is 6.18 Å². The molecule has 1 N–H and O–H groups in total. The first-order valence-electron chi connectivity index (χ1n) is 5.53. The van der Waals surface area contributed by atoms with Gasteiger partial charge in [0.1, 0.15) is 11.0 Å². The molecule has 1 fully saturated rings. The molecule has 0 aromatic heterocycles. The Balaban J connectivity index is 2.11. The normalized spacial score (nSPS) is 19.7. The maximum absolute atomic E-state index is 12.4. The minimum absolute atomic E-state index is 0.407. The van der Waals surface area contributed by atoms with E-state index in [1.165, 1.54) is 12.1 Å². The first-order chi connectivity index (χ1) is 8.48. The molecule has 3 nitrogen and oxygen atoms in total. The second kappa shape index (κ2) is 5.38. The Bertz CT molecular complexity index is 427. The molecule has 0 amide bonds. The minimum atomic E-state index is -4.35. The number of hydrogen-bond acceptors (Lipinski definition) is 2. The van der Waals surface area contributed by atoms with Crippen molar-refractivity contribution in [2.45, 2.75) is 11.1 Å². The summed E-state index contributed by atoms with van der Waals surface area (Å²) in [5, 5.41) is 3.13. The quantitative estimate of drug-likeness (QED) is 0.892. The largest absolute Gasteiger partial charge is 0.416 e. The second-order valence-electron chi connectivity index (χ2n) is 3.95. The molecule has 1 aromatic carbocycles. The van der Waals surface area contributed by atoms with Gasteiger partial charge < -0.3 is 5.32 Å². The van der Waals surface area contributed by atoms with Crippen LogP contribution in [0.5, 0.6) is 0 Å². The number of nitrogens with one attached hydrogen (secondary N) is 1. The minimum Gasteiger partial charge on any atom is -0.314 e. The molecule has 0 spiro atoms. The molecule has 1 aliphatic rings. The molecule has 7 heteroatoms. The Kier molecular flexibility index (Phi) is 4.04. The fourth-order valence-electron chi connectivity index (χ4n) is 1.72. The molecule has 1 aromatic rings. The standard InChI is InChI=1S/C11H13F3N2OS/c12-11(13,14)9-1-3-10(4-2-9)18(17)16-7-5-15-6-8-16/h1-4,15H,5-8H2.